The molecule has 0 atom stereocenters. The van der Waals surface area contributed by atoms with Gasteiger partial charge in [0, 0.05) is 36.3 Å². The first kappa shape index (κ1) is 20.6. The molecule has 0 aliphatic carbocycles. The zero-order valence-electron chi connectivity index (χ0n) is 14.9. The van der Waals surface area contributed by atoms with Gasteiger partial charge in [-0.3, -0.25) is 9.78 Å². The van der Waals surface area contributed by atoms with E-state index in [1.165, 1.54) is 30.7 Å². The Balaban J connectivity index is 1.49. The summed E-state index contributed by atoms with van der Waals surface area (Å²) in [5, 5.41) is 5.62. The molecule has 0 spiro atoms. The number of nitrogens with zero attached hydrogens (tertiary/aromatic N) is 5. The third-order valence-corrected chi connectivity index (χ3v) is 3.46. The van der Waals surface area contributed by atoms with E-state index in [4.69, 9.17) is 10.5 Å². The minimum Gasteiger partial charge on any atom is -0.445 e. The summed E-state index contributed by atoms with van der Waals surface area (Å²) >= 11 is 0. The Morgan fingerprint density at radius 3 is 2.33 bits per heavy atom. The van der Waals surface area contributed by atoms with Gasteiger partial charge in [-0.05, 0) is 6.07 Å². The van der Waals surface area contributed by atoms with Gasteiger partial charge in [0.25, 0.3) is 5.91 Å². The van der Waals surface area contributed by atoms with Crippen LogP contribution in [0, 0.1) is 0 Å². The maximum absolute atomic E-state index is 12.5. The minimum atomic E-state index is -4.77. The minimum absolute atomic E-state index is 0.00196. The van der Waals surface area contributed by atoms with Crippen molar-refractivity contribution in [2.24, 2.45) is 5.73 Å². The molecule has 0 fully saturated rings. The highest BCUT2D eigenvalue weighted by Crippen LogP contribution is 2.28. The van der Waals surface area contributed by atoms with Gasteiger partial charge in [-0.2, -0.15) is 18.2 Å². The quantitative estimate of drug-likeness (QED) is 0.598. The van der Waals surface area contributed by atoms with Crippen LogP contribution in [0.2, 0.25) is 0 Å². The number of hydrogen-bond acceptors (Lipinski definition) is 9. The Labute approximate surface area is 165 Å². The number of alkyl carbamates (subject to hydrolysis) is 1. The molecule has 0 saturated heterocycles. The number of primary amides is 1. The smallest absolute Gasteiger partial charge is 0.445 e. The molecule has 0 saturated carbocycles. The first-order valence-electron chi connectivity index (χ1n) is 8.10. The number of nitrogens with one attached hydrogen (secondary N) is 1. The standard InChI is InChI=1S/C16H12F3N7O4/c17-16(18,19)14-25-13(26-30-14)12-22-4-9(5-23-12)6-24-15(28)29-7-8-1-2-10(11(20)27)21-3-8/h1-5H,6-7H2,(H2,20,27)(H,24,28). The van der Waals surface area contributed by atoms with Gasteiger partial charge in [0.2, 0.25) is 11.6 Å². The van der Waals surface area contributed by atoms with E-state index < -0.39 is 29.9 Å². The largest absolute Gasteiger partial charge is 0.471 e. The molecule has 156 valence electrons. The molecule has 0 unspecified atom stereocenters. The number of ether oxygens (including phenoxy) is 1. The second-order valence-electron chi connectivity index (χ2n) is 5.68. The van der Waals surface area contributed by atoms with Crippen LogP contribution in [0.25, 0.3) is 11.6 Å². The van der Waals surface area contributed by atoms with Crippen LogP contribution in [-0.4, -0.2) is 37.1 Å². The lowest BCUT2D eigenvalue weighted by Gasteiger charge is -2.07. The van der Waals surface area contributed by atoms with Crippen molar-refractivity contribution < 1.29 is 32.0 Å². The summed E-state index contributed by atoms with van der Waals surface area (Å²) in [7, 11) is 0. The van der Waals surface area contributed by atoms with Crippen LogP contribution in [-0.2, 0) is 24.1 Å². The normalized spacial score (nSPS) is 11.2. The van der Waals surface area contributed by atoms with Gasteiger partial charge in [0.05, 0.1) is 0 Å². The Morgan fingerprint density at radius 1 is 1.07 bits per heavy atom. The van der Waals surface area contributed by atoms with Crippen LogP contribution in [0.15, 0.2) is 35.2 Å². The lowest BCUT2D eigenvalue weighted by Crippen LogP contribution is -2.23. The number of amides is 2. The molecular weight excluding hydrogens is 411 g/mol. The molecule has 0 aromatic carbocycles. The summed E-state index contributed by atoms with van der Waals surface area (Å²) in [6.07, 6.45) is -1.61. The molecular formula is C16H12F3N7O4. The predicted octanol–water partition coefficient (Wildman–Crippen LogP) is 1.47. The second-order valence-corrected chi connectivity index (χ2v) is 5.68. The van der Waals surface area contributed by atoms with Gasteiger partial charge in [-0.25, -0.2) is 14.8 Å². The van der Waals surface area contributed by atoms with Crippen LogP contribution in [0.1, 0.15) is 27.5 Å². The Kier molecular flexibility index (Phi) is 5.85. The topological polar surface area (TPSA) is 159 Å². The zero-order valence-corrected chi connectivity index (χ0v) is 14.9. The van der Waals surface area contributed by atoms with Crippen LogP contribution >= 0.6 is 0 Å². The van der Waals surface area contributed by atoms with Crippen LogP contribution < -0.4 is 11.1 Å². The molecule has 0 radical (unpaired) electrons. The number of rotatable bonds is 6. The van der Waals surface area contributed by atoms with Crippen molar-refractivity contribution in [1.82, 2.24) is 30.4 Å². The van der Waals surface area contributed by atoms with E-state index >= 15 is 0 Å². The van der Waals surface area contributed by atoms with E-state index in [0.29, 0.717) is 11.1 Å². The van der Waals surface area contributed by atoms with Crippen LogP contribution in [0.5, 0.6) is 0 Å². The van der Waals surface area contributed by atoms with E-state index in [1.807, 2.05) is 0 Å². The number of nitrogens with two attached hydrogens (primary N) is 1. The molecule has 30 heavy (non-hydrogen) atoms. The van der Waals surface area contributed by atoms with Crippen molar-refractivity contribution in [3.05, 3.63) is 53.4 Å². The highest BCUT2D eigenvalue weighted by molar-refractivity contribution is 5.90. The van der Waals surface area contributed by atoms with Gasteiger partial charge < -0.3 is 20.3 Å². The maximum atomic E-state index is 12.5. The number of alkyl halides is 3. The third-order valence-electron chi connectivity index (χ3n) is 3.46. The fourth-order valence-electron chi connectivity index (χ4n) is 2.02. The SMILES string of the molecule is NC(=O)c1ccc(COC(=O)NCc2cnc(-c3noc(C(F)(F)F)n3)nc2)cn1. The highest BCUT2D eigenvalue weighted by atomic mass is 19.4. The zero-order chi connectivity index (χ0) is 21.7. The molecule has 3 heterocycles. The Hall–Kier alpha value is -4.10. The molecule has 3 N–H and O–H groups in total. The molecule has 14 heteroatoms. The molecule has 0 aliphatic heterocycles. The second kappa shape index (κ2) is 8.50. The first-order chi connectivity index (χ1) is 14.2. The number of carbonyl (C=O) groups excluding carboxylic acids is 2. The molecule has 0 aliphatic rings. The van der Waals surface area contributed by atoms with E-state index in [1.54, 1.807) is 0 Å². The van der Waals surface area contributed by atoms with Crippen molar-refractivity contribution in [2.75, 3.05) is 0 Å². The summed E-state index contributed by atoms with van der Waals surface area (Å²) in [6.45, 7) is -0.0926. The fraction of sp³-hybridized carbons (Fsp3) is 0.188. The van der Waals surface area contributed by atoms with Crippen molar-refractivity contribution >= 4 is 12.0 Å². The molecule has 0 bridgehead atoms. The number of hydrogen-bond donors (Lipinski definition) is 2. The molecule has 11 nitrogen and oxygen atoms in total. The molecule has 3 rings (SSSR count). The van der Waals surface area contributed by atoms with E-state index in [2.05, 4.69) is 34.9 Å². The average Bonchev–Trinajstić information content (AvgIpc) is 3.22. The number of halogens is 3. The maximum Gasteiger partial charge on any atom is 0.471 e. The summed E-state index contributed by atoms with van der Waals surface area (Å²) < 4.78 is 46.5. The summed E-state index contributed by atoms with van der Waals surface area (Å²) in [6, 6.07) is 2.94. The number of pyridine rings is 1. The van der Waals surface area contributed by atoms with Crippen LogP contribution in [0.3, 0.4) is 0 Å². The van der Waals surface area contributed by atoms with Gasteiger partial charge in [-0.15, -0.1) is 0 Å². The highest BCUT2D eigenvalue weighted by Gasteiger charge is 2.38. The van der Waals surface area contributed by atoms with Crippen molar-refractivity contribution in [3.8, 4) is 11.6 Å². The van der Waals surface area contributed by atoms with Gasteiger partial charge in [0.15, 0.2) is 0 Å². The average molecular weight is 423 g/mol. The number of carbonyl (C=O) groups is 2. The third kappa shape index (κ3) is 5.24. The molecule has 3 aromatic rings. The summed E-state index contributed by atoms with van der Waals surface area (Å²) in [5.74, 6) is -2.77. The van der Waals surface area contributed by atoms with Gasteiger partial charge in [-0.1, -0.05) is 11.2 Å². The number of aromatic nitrogens is 5. The van der Waals surface area contributed by atoms with Gasteiger partial charge >= 0.3 is 18.2 Å². The van der Waals surface area contributed by atoms with Gasteiger partial charge in [0.1, 0.15) is 12.3 Å². The predicted molar refractivity (Wildman–Crippen MR) is 90.1 cm³/mol. The van der Waals surface area contributed by atoms with E-state index in [9.17, 15) is 22.8 Å². The van der Waals surface area contributed by atoms with Crippen molar-refractivity contribution in [2.45, 2.75) is 19.3 Å². The van der Waals surface area contributed by atoms with Crippen molar-refractivity contribution in [3.63, 3.8) is 0 Å². The fourth-order valence-corrected chi connectivity index (χ4v) is 2.02. The molecule has 3 aromatic heterocycles. The first-order valence-corrected chi connectivity index (χ1v) is 8.10. The van der Waals surface area contributed by atoms with E-state index in [0.717, 1.165) is 0 Å². The van der Waals surface area contributed by atoms with Crippen molar-refractivity contribution in [1.29, 1.82) is 0 Å². The molecule has 2 amide bonds. The van der Waals surface area contributed by atoms with Crippen LogP contribution in [0.4, 0.5) is 18.0 Å². The summed E-state index contributed by atoms with van der Waals surface area (Å²) in [4.78, 5) is 37.3. The van der Waals surface area contributed by atoms with E-state index in [-0.39, 0.29) is 24.7 Å². The lowest BCUT2D eigenvalue weighted by atomic mass is 10.2. The summed E-state index contributed by atoms with van der Waals surface area (Å²) in [5.41, 5.74) is 6.15. The Morgan fingerprint density at radius 2 is 1.77 bits per heavy atom. The lowest BCUT2D eigenvalue weighted by molar-refractivity contribution is -0.159. The Bertz CT molecular complexity index is 1040. The monoisotopic (exact) mass is 423 g/mol.